The Kier molecular flexibility index (Phi) is 4.67. The Balaban J connectivity index is 1.64. The maximum atomic E-state index is 13.6. The van der Waals surface area contributed by atoms with Crippen LogP contribution in [-0.2, 0) is 16.4 Å². The van der Waals surface area contributed by atoms with Crippen LogP contribution in [0.2, 0.25) is 0 Å². The lowest BCUT2D eigenvalue weighted by Crippen LogP contribution is -2.25. The minimum absolute atomic E-state index is 0.322. The molecule has 0 N–H and O–H groups in total. The molecular formula is C23H26N4O2S. The number of fused-ring (bicyclic) bond motifs is 2. The molecule has 0 spiro atoms. The molecular weight excluding hydrogens is 396 g/mol. The largest absolute Gasteiger partial charge is 0.374 e. The van der Waals surface area contributed by atoms with E-state index < -0.39 is 10.0 Å². The van der Waals surface area contributed by atoms with Gasteiger partial charge in [-0.3, -0.25) is 0 Å². The molecule has 0 amide bonds. The van der Waals surface area contributed by atoms with E-state index in [2.05, 4.69) is 35.0 Å². The van der Waals surface area contributed by atoms with Gasteiger partial charge in [-0.2, -0.15) is 0 Å². The lowest BCUT2D eigenvalue weighted by atomic mass is 10.00. The Morgan fingerprint density at radius 3 is 2.73 bits per heavy atom. The van der Waals surface area contributed by atoms with Gasteiger partial charge in [0.05, 0.1) is 4.90 Å². The number of hydrogen-bond donors (Lipinski definition) is 0. The number of benzene rings is 1. The van der Waals surface area contributed by atoms with Crippen LogP contribution in [0, 0.1) is 0 Å². The van der Waals surface area contributed by atoms with Gasteiger partial charge in [-0.15, -0.1) is 0 Å². The SMILES string of the molecule is CN1CC=C(c2cn(S(=O)(=O)c3ccc4c(c3)CCCN4C)c3ncccc23)CC1. The van der Waals surface area contributed by atoms with E-state index in [1.807, 2.05) is 24.3 Å². The first-order valence-electron chi connectivity index (χ1n) is 10.4. The minimum Gasteiger partial charge on any atom is -0.374 e. The van der Waals surface area contributed by atoms with Gasteiger partial charge < -0.3 is 9.80 Å². The van der Waals surface area contributed by atoms with Gasteiger partial charge in [0, 0.05) is 55.7 Å². The number of likely N-dealkylation sites (N-methyl/N-ethyl adjacent to an activating group) is 1. The Morgan fingerprint density at radius 2 is 1.93 bits per heavy atom. The molecule has 4 heterocycles. The van der Waals surface area contributed by atoms with Crippen LogP contribution in [0.15, 0.2) is 53.7 Å². The van der Waals surface area contributed by atoms with Crippen molar-refractivity contribution in [1.82, 2.24) is 13.9 Å². The van der Waals surface area contributed by atoms with Gasteiger partial charge in [0.25, 0.3) is 10.0 Å². The van der Waals surface area contributed by atoms with E-state index in [4.69, 9.17) is 0 Å². The third-order valence-electron chi connectivity index (χ3n) is 6.25. The third kappa shape index (κ3) is 3.13. The number of hydrogen-bond acceptors (Lipinski definition) is 5. The minimum atomic E-state index is -3.75. The Morgan fingerprint density at radius 1 is 1.07 bits per heavy atom. The predicted octanol–water partition coefficient (Wildman–Crippen LogP) is 3.37. The van der Waals surface area contributed by atoms with Gasteiger partial charge in [0.2, 0.25) is 0 Å². The van der Waals surface area contributed by atoms with Gasteiger partial charge in [0.1, 0.15) is 0 Å². The van der Waals surface area contributed by atoms with Crippen molar-refractivity contribution in [3.05, 3.63) is 59.9 Å². The van der Waals surface area contributed by atoms with E-state index in [1.54, 1.807) is 18.5 Å². The van der Waals surface area contributed by atoms with Crippen molar-refractivity contribution in [2.45, 2.75) is 24.2 Å². The van der Waals surface area contributed by atoms with Crippen LogP contribution >= 0.6 is 0 Å². The Bertz CT molecular complexity index is 1260. The number of anilines is 1. The quantitative estimate of drug-likeness (QED) is 0.648. The Hall–Kier alpha value is -2.64. The summed E-state index contributed by atoms with van der Waals surface area (Å²) in [5.74, 6) is 0. The maximum Gasteiger partial charge on any atom is 0.269 e. The fraction of sp³-hybridized carbons (Fsp3) is 0.348. The van der Waals surface area contributed by atoms with Crippen LogP contribution in [0.1, 0.15) is 24.0 Å². The highest BCUT2D eigenvalue weighted by atomic mass is 32.2. The maximum absolute atomic E-state index is 13.6. The molecule has 0 aliphatic carbocycles. The fourth-order valence-electron chi connectivity index (χ4n) is 4.52. The van der Waals surface area contributed by atoms with Gasteiger partial charge in [0.15, 0.2) is 5.65 Å². The van der Waals surface area contributed by atoms with Crippen LogP contribution in [0.3, 0.4) is 0 Å². The second kappa shape index (κ2) is 7.25. The molecule has 0 unspecified atom stereocenters. The monoisotopic (exact) mass is 422 g/mol. The molecule has 1 aromatic carbocycles. The molecule has 0 saturated heterocycles. The standard InChI is InChI=1S/C23H26N4O2S/c1-25-13-9-17(10-14-25)21-16-27(23-20(21)6-3-11-24-23)30(28,29)19-7-8-22-18(15-19)5-4-12-26(22)2/h3,6-9,11,15-16H,4-5,10,12-14H2,1-2H3. The average Bonchev–Trinajstić information content (AvgIpc) is 3.15. The molecule has 0 radical (unpaired) electrons. The van der Waals surface area contributed by atoms with Crippen LogP contribution in [-0.4, -0.2) is 56.0 Å². The summed E-state index contributed by atoms with van der Waals surface area (Å²) in [5, 5.41) is 0.884. The molecule has 156 valence electrons. The van der Waals surface area contributed by atoms with Crippen molar-refractivity contribution in [3.63, 3.8) is 0 Å². The molecule has 2 aliphatic heterocycles. The summed E-state index contributed by atoms with van der Waals surface area (Å²) in [6, 6.07) is 9.32. The van der Waals surface area contributed by atoms with Gasteiger partial charge in [-0.1, -0.05) is 6.08 Å². The summed E-state index contributed by atoms with van der Waals surface area (Å²) in [7, 11) is 0.399. The van der Waals surface area contributed by atoms with Gasteiger partial charge in [-0.05, 0) is 67.8 Å². The van der Waals surface area contributed by atoms with Crippen LogP contribution in [0.25, 0.3) is 16.6 Å². The summed E-state index contributed by atoms with van der Waals surface area (Å²) in [6.45, 7) is 2.83. The number of nitrogens with zero attached hydrogens (tertiary/aromatic N) is 4. The summed E-state index contributed by atoms with van der Waals surface area (Å²) in [5.41, 5.74) is 4.85. The zero-order chi connectivity index (χ0) is 20.9. The third-order valence-corrected chi connectivity index (χ3v) is 7.89. The molecule has 5 rings (SSSR count). The number of pyridine rings is 1. The van der Waals surface area contributed by atoms with E-state index in [0.717, 1.165) is 61.1 Å². The van der Waals surface area contributed by atoms with Crippen molar-refractivity contribution in [2.24, 2.45) is 0 Å². The normalized spacial score (nSPS) is 17.8. The van der Waals surface area contributed by atoms with Gasteiger partial charge >= 0.3 is 0 Å². The second-order valence-corrected chi connectivity index (χ2v) is 10.1. The molecule has 2 aliphatic rings. The number of rotatable bonds is 3. The van der Waals surface area contributed by atoms with Crippen LogP contribution in [0.5, 0.6) is 0 Å². The molecule has 3 aromatic rings. The highest BCUT2D eigenvalue weighted by molar-refractivity contribution is 7.90. The first kappa shape index (κ1) is 19.3. The number of aryl methyl sites for hydroxylation is 1. The van der Waals surface area contributed by atoms with E-state index in [0.29, 0.717) is 10.5 Å². The highest BCUT2D eigenvalue weighted by Crippen LogP contribution is 2.34. The molecule has 0 fully saturated rings. The zero-order valence-electron chi connectivity index (χ0n) is 17.4. The van der Waals surface area contributed by atoms with Crippen molar-refractivity contribution in [3.8, 4) is 0 Å². The summed E-state index contributed by atoms with van der Waals surface area (Å²) in [6.07, 6.45) is 8.44. The first-order valence-corrected chi connectivity index (χ1v) is 11.8. The molecule has 2 aromatic heterocycles. The summed E-state index contributed by atoms with van der Waals surface area (Å²) in [4.78, 5) is 9.20. The van der Waals surface area contributed by atoms with Crippen molar-refractivity contribution in [1.29, 1.82) is 0 Å². The van der Waals surface area contributed by atoms with E-state index in [1.165, 1.54) is 9.55 Å². The van der Waals surface area contributed by atoms with Crippen molar-refractivity contribution >= 4 is 32.3 Å². The van der Waals surface area contributed by atoms with E-state index >= 15 is 0 Å². The molecule has 7 heteroatoms. The predicted molar refractivity (Wildman–Crippen MR) is 120 cm³/mol. The topological polar surface area (TPSA) is 58.4 Å². The zero-order valence-corrected chi connectivity index (χ0v) is 18.2. The molecule has 0 bridgehead atoms. The summed E-state index contributed by atoms with van der Waals surface area (Å²) >= 11 is 0. The lowest BCUT2D eigenvalue weighted by molar-refractivity contribution is 0.370. The molecule has 0 atom stereocenters. The molecule has 0 saturated carbocycles. The highest BCUT2D eigenvalue weighted by Gasteiger charge is 2.25. The Labute approximate surface area is 177 Å². The van der Waals surface area contributed by atoms with E-state index in [9.17, 15) is 8.42 Å². The summed E-state index contributed by atoms with van der Waals surface area (Å²) < 4.78 is 28.7. The molecule has 6 nitrogen and oxygen atoms in total. The lowest BCUT2D eigenvalue weighted by Gasteiger charge is -2.27. The average molecular weight is 423 g/mol. The fourth-order valence-corrected chi connectivity index (χ4v) is 5.90. The van der Waals surface area contributed by atoms with Gasteiger partial charge in [-0.25, -0.2) is 17.4 Å². The van der Waals surface area contributed by atoms with Crippen LogP contribution in [0.4, 0.5) is 5.69 Å². The smallest absolute Gasteiger partial charge is 0.269 e. The van der Waals surface area contributed by atoms with Crippen molar-refractivity contribution < 1.29 is 8.42 Å². The molecule has 30 heavy (non-hydrogen) atoms. The van der Waals surface area contributed by atoms with E-state index in [-0.39, 0.29) is 0 Å². The van der Waals surface area contributed by atoms with Crippen LogP contribution < -0.4 is 4.90 Å². The first-order chi connectivity index (χ1) is 14.4. The number of aromatic nitrogens is 2. The second-order valence-electron chi connectivity index (χ2n) is 8.28. The van der Waals surface area contributed by atoms with Crippen molar-refractivity contribution in [2.75, 3.05) is 38.6 Å².